The van der Waals surface area contributed by atoms with Crippen LogP contribution in [0.25, 0.3) is 0 Å². The van der Waals surface area contributed by atoms with Crippen molar-refractivity contribution < 1.29 is 9.90 Å². The first-order valence-corrected chi connectivity index (χ1v) is 6.97. The Hall–Kier alpha value is -0.630. The third-order valence-corrected chi connectivity index (χ3v) is 2.98. The second-order valence-electron chi connectivity index (χ2n) is 4.79. The predicted molar refractivity (Wildman–Crippen MR) is 73.0 cm³/mol. The third-order valence-electron chi connectivity index (χ3n) is 2.98. The first-order valence-electron chi connectivity index (χ1n) is 6.97. The van der Waals surface area contributed by atoms with Gasteiger partial charge in [0.05, 0.1) is 0 Å². The molecule has 0 aromatic carbocycles. The zero-order valence-corrected chi connectivity index (χ0v) is 11.5. The van der Waals surface area contributed by atoms with Crippen molar-refractivity contribution in [2.24, 2.45) is 5.92 Å². The van der Waals surface area contributed by atoms with E-state index >= 15 is 0 Å². The second kappa shape index (κ2) is 11.8. The van der Waals surface area contributed by atoms with Crippen LogP contribution < -0.4 is 0 Å². The number of unbranched alkanes of at least 4 members (excludes halogenated alkanes) is 4. The molecule has 0 rings (SSSR count). The van der Waals surface area contributed by atoms with Crippen LogP contribution in [0.1, 0.15) is 65.2 Å². The molecule has 17 heavy (non-hydrogen) atoms. The number of carbonyl (C=O) groups is 1. The van der Waals surface area contributed by atoms with Gasteiger partial charge in [-0.3, -0.25) is 0 Å². The molecule has 0 heterocycles. The molecule has 1 N–H and O–H groups in total. The average molecular weight is 240 g/mol. The smallest absolute Gasteiger partial charge is 0.129 e. The van der Waals surface area contributed by atoms with Gasteiger partial charge >= 0.3 is 0 Å². The normalized spacial score (nSPS) is 13.1. The Bertz CT molecular complexity index is 209. The Balaban J connectivity index is 3.36. The number of allylic oxidation sites excluding steroid dienone is 1. The van der Waals surface area contributed by atoms with Crippen molar-refractivity contribution in [1.29, 1.82) is 0 Å². The summed E-state index contributed by atoms with van der Waals surface area (Å²) in [5.74, 6) is 0.641. The van der Waals surface area contributed by atoms with E-state index in [1.54, 1.807) is 6.92 Å². The minimum absolute atomic E-state index is 0.265. The number of aliphatic hydroxyl groups excluding tert-OH is 1. The van der Waals surface area contributed by atoms with E-state index in [9.17, 15) is 4.79 Å². The van der Waals surface area contributed by atoms with Crippen molar-refractivity contribution in [3.63, 3.8) is 0 Å². The van der Waals surface area contributed by atoms with E-state index in [0.717, 1.165) is 32.1 Å². The van der Waals surface area contributed by atoms with Crippen LogP contribution in [0, 0.1) is 5.92 Å². The lowest BCUT2D eigenvalue weighted by molar-refractivity contribution is -0.117. The summed E-state index contributed by atoms with van der Waals surface area (Å²) in [6.07, 6.45) is 12.9. The highest BCUT2D eigenvalue weighted by Gasteiger charge is 2.02. The molecule has 0 aliphatic carbocycles. The topological polar surface area (TPSA) is 37.3 Å². The summed E-state index contributed by atoms with van der Waals surface area (Å²) in [4.78, 5) is 10.7. The molecule has 0 spiro atoms. The van der Waals surface area contributed by atoms with Crippen molar-refractivity contribution in [2.45, 2.75) is 65.2 Å². The van der Waals surface area contributed by atoms with E-state index in [4.69, 9.17) is 5.11 Å². The fourth-order valence-electron chi connectivity index (χ4n) is 1.89. The van der Waals surface area contributed by atoms with E-state index in [2.05, 4.69) is 19.1 Å². The van der Waals surface area contributed by atoms with Gasteiger partial charge in [0.15, 0.2) is 0 Å². The average Bonchev–Trinajstić information content (AvgIpc) is 2.31. The molecule has 0 radical (unpaired) electrons. The third kappa shape index (κ3) is 11.6. The molecule has 2 heteroatoms. The number of hydrogen-bond donors (Lipinski definition) is 1. The van der Waals surface area contributed by atoms with Gasteiger partial charge < -0.3 is 9.90 Å². The van der Waals surface area contributed by atoms with Gasteiger partial charge in [-0.1, -0.05) is 44.8 Å². The standard InChI is InChI=1S/C15H28O2/c1-3-4-11-15(13-16)12-9-7-5-6-8-10-14(2)17/h4,11,15-16H,3,5-10,12-13H2,1-2H3/b11-4-. The summed E-state index contributed by atoms with van der Waals surface area (Å²) >= 11 is 0. The number of ketones is 1. The van der Waals surface area contributed by atoms with E-state index in [-0.39, 0.29) is 6.61 Å². The minimum atomic E-state index is 0.265. The molecule has 0 bridgehead atoms. The van der Waals surface area contributed by atoms with Crippen LogP contribution >= 0.6 is 0 Å². The van der Waals surface area contributed by atoms with Crippen molar-refractivity contribution in [3.8, 4) is 0 Å². The SMILES string of the molecule is CC/C=C\C(CO)CCCCCCCC(C)=O. The molecule has 0 aromatic heterocycles. The summed E-state index contributed by atoms with van der Waals surface area (Å²) in [5.41, 5.74) is 0. The zero-order chi connectivity index (χ0) is 12.9. The van der Waals surface area contributed by atoms with Crippen LogP contribution in [0.4, 0.5) is 0 Å². The fraction of sp³-hybridized carbons (Fsp3) is 0.800. The maximum absolute atomic E-state index is 10.7. The number of Topliss-reactive ketones (excluding diaryl/α,β-unsaturated/α-hetero) is 1. The van der Waals surface area contributed by atoms with Crippen LogP contribution in [0.15, 0.2) is 12.2 Å². The van der Waals surface area contributed by atoms with Gasteiger partial charge in [0, 0.05) is 13.0 Å². The van der Waals surface area contributed by atoms with Gasteiger partial charge in [-0.05, 0) is 32.1 Å². The van der Waals surface area contributed by atoms with Gasteiger partial charge in [0.1, 0.15) is 5.78 Å². The molecule has 0 saturated heterocycles. The molecule has 0 saturated carbocycles. The summed E-state index contributed by atoms with van der Waals surface area (Å²) in [6.45, 7) is 4.03. The monoisotopic (exact) mass is 240 g/mol. The summed E-state index contributed by atoms with van der Waals surface area (Å²) < 4.78 is 0. The Morgan fingerprint density at radius 1 is 1.18 bits per heavy atom. The van der Waals surface area contributed by atoms with Gasteiger partial charge in [0.25, 0.3) is 0 Å². The first-order chi connectivity index (χ1) is 8.20. The molecular formula is C15H28O2. The molecule has 0 amide bonds. The minimum Gasteiger partial charge on any atom is -0.396 e. The zero-order valence-electron chi connectivity index (χ0n) is 11.5. The summed E-state index contributed by atoms with van der Waals surface area (Å²) in [5, 5.41) is 9.17. The maximum Gasteiger partial charge on any atom is 0.129 e. The van der Waals surface area contributed by atoms with Crippen molar-refractivity contribution in [2.75, 3.05) is 6.61 Å². The predicted octanol–water partition coefficient (Wildman–Crippen LogP) is 3.88. The molecule has 1 unspecified atom stereocenters. The van der Waals surface area contributed by atoms with Gasteiger partial charge in [0.2, 0.25) is 0 Å². The summed E-state index contributed by atoms with van der Waals surface area (Å²) in [7, 11) is 0. The molecule has 0 aliphatic heterocycles. The lowest BCUT2D eigenvalue weighted by Crippen LogP contribution is -2.02. The highest BCUT2D eigenvalue weighted by molar-refractivity contribution is 5.75. The largest absolute Gasteiger partial charge is 0.396 e. The van der Waals surface area contributed by atoms with Gasteiger partial charge in [-0.25, -0.2) is 0 Å². The maximum atomic E-state index is 10.7. The number of carbonyl (C=O) groups excluding carboxylic acids is 1. The van der Waals surface area contributed by atoms with E-state index in [1.807, 2.05) is 0 Å². The quantitative estimate of drug-likeness (QED) is 0.439. The number of rotatable bonds is 11. The van der Waals surface area contributed by atoms with Crippen LogP contribution in [0.2, 0.25) is 0 Å². The first kappa shape index (κ1) is 16.4. The van der Waals surface area contributed by atoms with E-state index in [0.29, 0.717) is 11.7 Å². The molecule has 1 atom stereocenters. The highest BCUT2D eigenvalue weighted by atomic mass is 16.3. The molecule has 2 nitrogen and oxygen atoms in total. The van der Waals surface area contributed by atoms with Crippen molar-refractivity contribution in [3.05, 3.63) is 12.2 Å². The highest BCUT2D eigenvalue weighted by Crippen LogP contribution is 2.13. The molecule has 0 fully saturated rings. The van der Waals surface area contributed by atoms with Crippen LogP contribution in [-0.2, 0) is 4.79 Å². The molecular weight excluding hydrogens is 212 g/mol. The lowest BCUT2D eigenvalue weighted by atomic mass is 10.00. The van der Waals surface area contributed by atoms with Crippen LogP contribution in [0.3, 0.4) is 0 Å². The Labute approximate surface area is 106 Å². The van der Waals surface area contributed by atoms with Crippen LogP contribution in [-0.4, -0.2) is 17.5 Å². The van der Waals surface area contributed by atoms with Crippen molar-refractivity contribution >= 4 is 5.78 Å². The number of hydrogen-bond acceptors (Lipinski definition) is 2. The van der Waals surface area contributed by atoms with E-state index in [1.165, 1.54) is 19.3 Å². The fourth-order valence-corrected chi connectivity index (χ4v) is 1.89. The Morgan fingerprint density at radius 2 is 1.82 bits per heavy atom. The molecule has 0 aromatic rings. The van der Waals surface area contributed by atoms with Gasteiger partial charge in [-0.15, -0.1) is 0 Å². The molecule has 100 valence electrons. The Morgan fingerprint density at radius 3 is 2.41 bits per heavy atom. The van der Waals surface area contributed by atoms with E-state index < -0.39 is 0 Å². The number of aliphatic hydroxyl groups is 1. The Kier molecular flexibility index (Phi) is 11.4. The summed E-state index contributed by atoms with van der Waals surface area (Å²) in [6, 6.07) is 0. The van der Waals surface area contributed by atoms with Crippen LogP contribution in [0.5, 0.6) is 0 Å². The van der Waals surface area contributed by atoms with Crippen molar-refractivity contribution in [1.82, 2.24) is 0 Å². The van der Waals surface area contributed by atoms with Gasteiger partial charge in [-0.2, -0.15) is 0 Å². The lowest BCUT2D eigenvalue weighted by Gasteiger charge is -2.08. The molecule has 0 aliphatic rings. The second-order valence-corrected chi connectivity index (χ2v) is 4.79.